The number of aryl methyl sites for hydroxylation is 1. The maximum atomic E-state index is 12.5. The molecule has 0 bridgehead atoms. The van der Waals surface area contributed by atoms with Crippen LogP contribution in [0.5, 0.6) is 5.88 Å². The summed E-state index contributed by atoms with van der Waals surface area (Å²) in [6.07, 6.45) is 0. The molecule has 1 amide bonds. The number of ether oxygens (including phenoxy) is 1. The predicted octanol–water partition coefficient (Wildman–Crippen LogP) is 4.26. The third kappa shape index (κ3) is 4.15. The van der Waals surface area contributed by atoms with Crippen molar-refractivity contribution in [1.82, 2.24) is 10.3 Å². The smallest absolute Gasteiger partial charge is 0.252 e. The Bertz CT molecular complexity index is 886. The zero-order valence-electron chi connectivity index (χ0n) is 14.7. The number of hydrogen-bond acceptors (Lipinski definition) is 3. The summed E-state index contributed by atoms with van der Waals surface area (Å²) in [5.41, 5.74) is 3.60. The molecule has 0 unspecified atom stereocenters. The van der Waals surface area contributed by atoms with Gasteiger partial charge in [-0.1, -0.05) is 48.0 Å². The minimum absolute atomic E-state index is 0.0661. The molecule has 0 radical (unpaired) electrons. The SMILES string of the molecule is Cc1ccc(COc2cc(C(=O)NC(C)C)c3ccccc3n2)cc1. The van der Waals surface area contributed by atoms with E-state index in [1.807, 2.05) is 62.4 Å². The number of pyridine rings is 1. The molecule has 3 rings (SSSR count). The highest BCUT2D eigenvalue weighted by Crippen LogP contribution is 2.23. The van der Waals surface area contributed by atoms with Crippen LogP contribution in [0.1, 0.15) is 35.3 Å². The van der Waals surface area contributed by atoms with Crippen LogP contribution in [0, 0.1) is 6.92 Å². The summed E-state index contributed by atoms with van der Waals surface area (Å²) >= 11 is 0. The number of para-hydroxylation sites is 1. The minimum atomic E-state index is -0.117. The van der Waals surface area contributed by atoms with Gasteiger partial charge in [-0.3, -0.25) is 4.79 Å². The van der Waals surface area contributed by atoms with Crippen molar-refractivity contribution in [1.29, 1.82) is 0 Å². The van der Waals surface area contributed by atoms with Gasteiger partial charge in [0.15, 0.2) is 0 Å². The van der Waals surface area contributed by atoms with Crippen LogP contribution in [0.3, 0.4) is 0 Å². The fourth-order valence-electron chi connectivity index (χ4n) is 2.59. The molecule has 4 nitrogen and oxygen atoms in total. The summed E-state index contributed by atoms with van der Waals surface area (Å²) in [5, 5.41) is 3.76. The number of aromatic nitrogens is 1. The quantitative estimate of drug-likeness (QED) is 0.758. The molecular formula is C21H22N2O2. The minimum Gasteiger partial charge on any atom is -0.473 e. The Labute approximate surface area is 147 Å². The van der Waals surface area contributed by atoms with Crippen LogP contribution in [0.4, 0.5) is 0 Å². The first-order valence-corrected chi connectivity index (χ1v) is 8.42. The van der Waals surface area contributed by atoms with Crippen LogP contribution in [0.2, 0.25) is 0 Å². The number of benzene rings is 2. The molecule has 4 heteroatoms. The predicted molar refractivity (Wildman–Crippen MR) is 99.9 cm³/mol. The molecule has 0 aliphatic rings. The molecule has 0 aliphatic heterocycles. The van der Waals surface area contributed by atoms with Gasteiger partial charge in [-0.25, -0.2) is 4.98 Å². The number of fused-ring (bicyclic) bond motifs is 1. The van der Waals surface area contributed by atoms with Crippen molar-refractivity contribution in [3.8, 4) is 5.88 Å². The molecule has 0 aliphatic carbocycles. The number of carbonyl (C=O) groups excluding carboxylic acids is 1. The van der Waals surface area contributed by atoms with Gasteiger partial charge in [0.25, 0.3) is 5.91 Å². The van der Waals surface area contributed by atoms with E-state index in [4.69, 9.17) is 4.74 Å². The maximum absolute atomic E-state index is 12.5. The van der Waals surface area contributed by atoms with Gasteiger partial charge in [0.1, 0.15) is 6.61 Å². The summed E-state index contributed by atoms with van der Waals surface area (Å²) < 4.78 is 5.84. The van der Waals surface area contributed by atoms with Crippen molar-refractivity contribution in [2.45, 2.75) is 33.4 Å². The zero-order valence-corrected chi connectivity index (χ0v) is 14.7. The van der Waals surface area contributed by atoms with Gasteiger partial charge in [0, 0.05) is 17.5 Å². The average Bonchev–Trinajstić information content (AvgIpc) is 2.60. The van der Waals surface area contributed by atoms with Gasteiger partial charge in [-0.05, 0) is 32.4 Å². The van der Waals surface area contributed by atoms with Crippen LogP contribution in [0.15, 0.2) is 54.6 Å². The number of nitrogens with one attached hydrogen (secondary N) is 1. The maximum Gasteiger partial charge on any atom is 0.252 e. The Morgan fingerprint density at radius 3 is 2.56 bits per heavy atom. The molecule has 1 heterocycles. The highest BCUT2D eigenvalue weighted by Gasteiger charge is 2.14. The van der Waals surface area contributed by atoms with Crippen LogP contribution < -0.4 is 10.1 Å². The number of carbonyl (C=O) groups is 1. The summed E-state index contributed by atoms with van der Waals surface area (Å²) in [5.74, 6) is 0.335. The van der Waals surface area contributed by atoms with Crippen molar-refractivity contribution >= 4 is 16.8 Å². The topological polar surface area (TPSA) is 51.2 Å². The van der Waals surface area contributed by atoms with Gasteiger partial charge in [-0.2, -0.15) is 0 Å². The number of hydrogen-bond donors (Lipinski definition) is 1. The average molecular weight is 334 g/mol. The van der Waals surface area contributed by atoms with E-state index < -0.39 is 0 Å². The van der Waals surface area contributed by atoms with Crippen LogP contribution in [-0.4, -0.2) is 16.9 Å². The Balaban J connectivity index is 1.90. The summed E-state index contributed by atoms with van der Waals surface area (Å²) in [4.78, 5) is 17.1. The first-order chi connectivity index (χ1) is 12.0. The Kier molecular flexibility index (Phi) is 4.98. The number of amides is 1. The van der Waals surface area contributed by atoms with Gasteiger partial charge in [0.2, 0.25) is 5.88 Å². The molecular weight excluding hydrogens is 312 g/mol. The summed E-state index contributed by atoms with van der Waals surface area (Å²) in [7, 11) is 0. The van der Waals surface area contributed by atoms with Crippen LogP contribution in [0.25, 0.3) is 10.9 Å². The summed E-state index contributed by atoms with van der Waals surface area (Å²) in [6, 6.07) is 17.5. The molecule has 1 aromatic heterocycles. The molecule has 0 fully saturated rings. The Morgan fingerprint density at radius 2 is 1.84 bits per heavy atom. The molecule has 2 aromatic carbocycles. The standard InChI is InChI=1S/C21H22N2O2/c1-14(2)22-21(24)18-12-20(23-19-7-5-4-6-17(18)19)25-13-16-10-8-15(3)9-11-16/h4-12,14H,13H2,1-3H3,(H,22,24). The van der Waals surface area contributed by atoms with Gasteiger partial charge >= 0.3 is 0 Å². The first kappa shape index (κ1) is 17.0. The fourth-order valence-corrected chi connectivity index (χ4v) is 2.59. The first-order valence-electron chi connectivity index (χ1n) is 8.42. The van der Waals surface area contributed by atoms with Gasteiger partial charge in [-0.15, -0.1) is 0 Å². The van der Waals surface area contributed by atoms with Gasteiger partial charge in [0.05, 0.1) is 11.1 Å². The second-order valence-corrected chi connectivity index (χ2v) is 6.43. The van der Waals surface area contributed by atoms with Crippen LogP contribution in [-0.2, 0) is 6.61 Å². The largest absolute Gasteiger partial charge is 0.473 e. The fraction of sp³-hybridized carbons (Fsp3) is 0.238. The molecule has 0 saturated heterocycles. The van der Waals surface area contributed by atoms with Crippen molar-refractivity contribution in [2.24, 2.45) is 0 Å². The lowest BCUT2D eigenvalue weighted by Gasteiger charge is -2.13. The monoisotopic (exact) mass is 334 g/mol. The number of rotatable bonds is 5. The lowest BCUT2D eigenvalue weighted by molar-refractivity contribution is 0.0944. The van der Waals surface area contributed by atoms with E-state index in [0.717, 1.165) is 16.5 Å². The molecule has 128 valence electrons. The second-order valence-electron chi connectivity index (χ2n) is 6.43. The third-order valence-electron chi connectivity index (χ3n) is 3.86. The van der Waals surface area contributed by atoms with E-state index in [9.17, 15) is 4.79 Å². The van der Waals surface area contributed by atoms with E-state index in [-0.39, 0.29) is 11.9 Å². The molecule has 0 saturated carbocycles. The van der Waals surface area contributed by atoms with Crippen molar-refractivity contribution < 1.29 is 9.53 Å². The summed E-state index contributed by atoms with van der Waals surface area (Å²) in [6.45, 7) is 6.35. The van der Waals surface area contributed by atoms with Crippen molar-refractivity contribution in [2.75, 3.05) is 0 Å². The van der Waals surface area contributed by atoms with E-state index in [1.165, 1.54) is 5.56 Å². The van der Waals surface area contributed by atoms with E-state index in [2.05, 4.69) is 17.2 Å². The van der Waals surface area contributed by atoms with E-state index in [0.29, 0.717) is 18.1 Å². The molecule has 1 N–H and O–H groups in total. The number of nitrogens with zero attached hydrogens (tertiary/aromatic N) is 1. The molecule has 0 atom stereocenters. The molecule has 3 aromatic rings. The third-order valence-corrected chi connectivity index (χ3v) is 3.86. The molecule has 25 heavy (non-hydrogen) atoms. The van der Waals surface area contributed by atoms with Crippen LogP contribution >= 0.6 is 0 Å². The van der Waals surface area contributed by atoms with E-state index >= 15 is 0 Å². The second kappa shape index (κ2) is 7.34. The molecule has 0 spiro atoms. The lowest BCUT2D eigenvalue weighted by atomic mass is 10.1. The lowest BCUT2D eigenvalue weighted by Crippen LogP contribution is -2.30. The van der Waals surface area contributed by atoms with Crippen molar-refractivity contribution in [3.05, 3.63) is 71.3 Å². The Hall–Kier alpha value is -2.88. The highest BCUT2D eigenvalue weighted by atomic mass is 16.5. The van der Waals surface area contributed by atoms with Gasteiger partial charge < -0.3 is 10.1 Å². The highest BCUT2D eigenvalue weighted by molar-refractivity contribution is 6.06. The van der Waals surface area contributed by atoms with Crippen molar-refractivity contribution in [3.63, 3.8) is 0 Å². The zero-order chi connectivity index (χ0) is 17.8. The normalized spacial score (nSPS) is 10.9. The Morgan fingerprint density at radius 1 is 1.12 bits per heavy atom. The van der Waals surface area contributed by atoms with E-state index in [1.54, 1.807) is 6.07 Å².